The molecule has 1 unspecified atom stereocenters. The third-order valence-corrected chi connectivity index (χ3v) is 5.36. The lowest BCUT2D eigenvalue weighted by Gasteiger charge is -2.16. The molecule has 130 valence electrons. The van der Waals surface area contributed by atoms with E-state index >= 15 is 0 Å². The molecule has 1 saturated heterocycles. The van der Waals surface area contributed by atoms with Crippen LogP contribution in [0.3, 0.4) is 0 Å². The van der Waals surface area contributed by atoms with E-state index in [1.165, 1.54) is 0 Å². The molecule has 0 aromatic heterocycles. The Morgan fingerprint density at radius 1 is 1.30 bits per heavy atom. The highest BCUT2D eigenvalue weighted by Crippen LogP contribution is 2.11. The van der Waals surface area contributed by atoms with Gasteiger partial charge in [0.2, 0.25) is 0 Å². The predicted molar refractivity (Wildman–Crippen MR) is 103 cm³/mol. The van der Waals surface area contributed by atoms with E-state index in [9.17, 15) is 8.42 Å². The van der Waals surface area contributed by atoms with Crippen molar-refractivity contribution in [1.82, 2.24) is 10.6 Å². The van der Waals surface area contributed by atoms with Crippen molar-refractivity contribution in [1.29, 1.82) is 0 Å². The number of aliphatic imine (C=N–C) groups is 1. The van der Waals surface area contributed by atoms with Crippen molar-refractivity contribution < 1.29 is 13.2 Å². The van der Waals surface area contributed by atoms with Gasteiger partial charge in [-0.25, -0.2) is 8.42 Å². The third-order valence-electron chi connectivity index (χ3n) is 3.59. The number of guanidine groups is 1. The van der Waals surface area contributed by atoms with Gasteiger partial charge in [0, 0.05) is 26.7 Å². The summed E-state index contributed by atoms with van der Waals surface area (Å²) in [5, 5.41) is 6.37. The molecule has 1 aliphatic heterocycles. The molecule has 0 amide bonds. The van der Waals surface area contributed by atoms with Crippen LogP contribution in [0.15, 0.2) is 29.3 Å². The van der Waals surface area contributed by atoms with Gasteiger partial charge < -0.3 is 15.4 Å². The molecule has 1 aliphatic rings. The quantitative estimate of drug-likeness (QED) is 0.399. The number of rotatable bonds is 5. The average molecular weight is 453 g/mol. The van der Waals surface area contributed by atoms with Crippen LogP contribution in [0.5, 0.6) is 0 Å². The Labute approximate surface area is 155 Å². The second-order valence-corrected chi connectivity index (χ2v) is 7.65. The fourth-order valence-electron chi connectivity index (χ4n) is 2.40. The predicted octanol–water partition coefficient (Wildman–Crippen LogP) is 1.30. The Hall–Kier alpha value is -0.870. The molecule has 6 nitrogen and oxygen atoms in total. The van der Waals surface area contributed by atoms with Gasteiger partial charge in [-0.1, -0.05) is 24.3 Å². The van der Waals surface area contributed by atoms with E-state index in [1.807, 2.05) is 24.3 Å². The number of hydrogen-bond acceptors (Lipinski definition) is 4. The minimum absolute atomic E-state index is 0. The lowest BCUT2D eigenvalue weighted by Crippen LogP contribution is -2.43. The van der Waals surface area contributed by atoms with Gasteiger partial charge in [-0.2, -0.15) is 0 Å². The molecule has 2 N–H and O–H groups in total. The van der Waals surface area contributed by atoms with Crippen molar-refractivity contribution in [2.75, 3.05) is 25.7 Å². The molecule has 0 spiro atoms. The van der Waals surface area contributed by atoms with Crippen LogP contribution in [-0.2, 0) is 27.7 Å². The highest BCUT2D eigenvalue weighted by Gasteiger charge is 2.28. The molecule has 1 atom stereocenters. The summed E-state index contributed by atoms with van der Waals surface area (Å²) in [6, 6.07) is 8.07. The summed E-state index contributed by atoms with van der Waals surface area (Å²) < 4.78 is 28.0. The maximum absolute atomic E-state index is 11.5. The largest absolute Gasteiger partial charge is 0.380 e. The summed E-state index contributed by atoms with van der Waals surface area (Å²) in [5.41, 5.74) is 2.26. The Morgan fingerprint density at radius 2 is 1.96 bits per heavy atom. The first-order valence-corrected chi connectivity index (χ1v) is 9.09. The minimum Gasteiger partial charge on any atom is -0.380 e. The van der Waals surface area contributed by atoms with Gasteiger partial charge in [0.15, 0.2) is 15.8 Å². The third kappa shape index (κ3) is 6.64. The van der Waals surface area contributed by atoms with Gasteiger partial charge in [-0.15, -0.1) is 24.0 Å². The van der Waals surface area contributed by atoms with E-state index < -0.39 is 9.84 Å². The molecular weight excluding hydrogens is 429 g/mol. The maximum atomic E-state index is 11.5. The van der Waals surface area contributed by atoms with Gasteiger partial charge >= 0.3 is 0 Å². The van der Waals surface area contributed by atoms with Crippen molar-refractivity contribution in [3.63, 3.8) is 0 Å². The Balaban J connectivity index is 0.00000264. The Morgan fingerprint density at radius 3 is 2.48 bits per heavy atom. The molecule has 8 heteroatoms. The van der Waals surface area contributed by atoms with Crippen molar-refractivity contribution in [2.45, 2.75) is 25.6 Å². The zero-order chi connectivity index (χ0) is 16.0. The zero-order valence-corrected chi connectivity index (χ0v) is 16.6. The first-order chi connectivity index (χ1) is 10.5. The molecule has 1 aromatic rings. The number of sulfone groups is 1. The summed E-state index contributed by atoms with van der Waals surface area (Å²) in [6.45, 7) is 1.24. The lowest BCUT2D eigenvalue weighted by atomic mass is 10.1. The van der Waals surface area contributed by atoms with Crippen molar-refractivity contribution in [2.24, 2.45) is 4.99 Å². The topological polar surface area (TPSA) is 79.8 Å². The molecule has 23 heavy (non-hydrogen) atoms. The number of benzene rings is 1. The van der Waals surface area contributed by atoms with Crippen LogP contribution >= 0.6 is 24.0 Å². The van der Waals surface area contributed by atoms with Crippen LogP contribution < -0.4 is 10.6 Å². The molecule has 1 heterocycles. The summed E-state index contributed by atoms with van der Waals surface area (Å²) in [6.07, 6.45) is 0.634. The smallest absolute Gasteiger partial charge is 0.191 e. The maximum Gasteiger partial charge on any atom is 0.191 e. The summed E-state index contributed by atoms with van der Waals surface area (Å²) in [7, 11) is 0.472. The molecule has 0 saturated carbocycles. The van der Waals surface area contributed by atoms with Gasteiger partial charge in [-0.05, 0) is 17.5 Å². The van der Waals surface area contributed by atoms with Crippen molar-refractivity contribution in [3.05, 3.63) is 35.4 Å². The summed E-state index contributed by atoms with van der Waals surface area (Å²) in [4.78, 5) is 4.14. The number of hydrogen-bond donors (Lipinski definition) is 2. The van der Waals surface area contributed by atoms with Gasteiger partial charge in [0.05, 0.1) is 18.1 Å². The Bertz CT molecular complexity index is 617. The highest BCUT2D eigenvalue weighted by molar-refractivity contribution is 14.0. The second kappa shape index (κ2) is 9.43. The Kier molecular flexibility index (Phi) is 8.27. The van der Waals surface area contributed by atoms with E-state index in [2.05, 4.69) is 15.6 Å². The number of nitrogens with one attached hydrogen (secondary N) is 2. The zero-order valence-electron chi connectivity index (χ0n) is 13.4. The van der Waals surface area contributed by atoms with Crippen LogP contribution in [0.4, 0.5) is 0 Å². The van der Waals surface area contributed by atoms with Gasteiger partial charge in [0.25, 0.3) is 0 Å². The number of methoxy groups -OCH3 is 1. The fraction of sp³-hybridized carbons (Fsp3) is 0.533. The number of ether oxygens (including phenoxy) is 1. The standard InChI is InChI=1S/C15H23N3O3S.HI/c1-16-15(18-14-7-8-22(19,20)11-14)17-9-12-3-5-13(6-4-12)10-21-2;/h3-6,14H,7-11H2,1-2H3,(H2,16,17,18);1H. The average Bonchev–Trinajstić information content (AvgIpc) is 2.84. The van der Waals surface area contributed by atoms with E-state index in [0.717, 1.165) is 11.1 Å². The van der Waals surface area contributed by atoms with Gasteiger partial charge in [-0.3, -0.25) is 4.99 Å². The van der Waals surface area contributed by atoms with Crippen LogP contribution in [0.2, 0.25) is 0 Å². The fourth-order valence-corrected chi connectivity index (χ4v) is 4.08. The minimum atomic E-state index is -2.88. The SMILES string of the molecule is CN=C(NCc1ccc(COC)cc1)NC1CCS(=O)(=O)C1.I. The van der Waals surface area contributed by atoms with E-state index in [1.54, 1.807) is 14.2 Å². The molecular formula is C15H24IN3O3S. The summed E-state index contributed by atoms with van der Waals surface area (Å²) >= 11 is 0. The van der Waals surface area contributed by atoms with Crippen LogP contribution in [0, 0.1) is 0 Å². The molecule has 0 aliphatic carbocycles. The van der Waals surface area contributed by atoms with Crippen molar-refractivity contribution in [3.8, 4) is 0 Å². The van der Waals surface area contributed by atoms with Crippen LogP contribution in [0.25, 0.3) is 0 Å². The van der Waals surface area contributed by atoms with Crippen LogP contribution in [-0.4, -0.2) is 46.1 Å². The molecule has 0 radical (unpaired) electrons. The summed E-state index contributed by atoms with van der Waals surface area (Å²) in [5.74, 6) is 1.06. The monoisotopic (exact) mass is 453 g/mol. The lowest BCUT2D eigenvalue weighted by molar-refractivity contribution is 0.185. The van der Waals surface area contributed by atoms with E-state index in [4.69, 9.17) is 4.74 Å². The van der Waals surface area contributed by atoms with Gasteiger partial charge in [0.1, 0.15) is 0 Å². The number of halogens is 1. The van der Waals surface area contributed by atoms with Crippen molar-refractivity contribution >= 4 is 39.8 Å². The van der Waals surface area contributed by atoms with E-state index in [0.29, 0.717) is 25.5 Å². The first-order valence-electron chi connectivity index (χ1n) is 7.27. The molecule has 1 aromatic carbocycles. The van der Waals surface area contributed by atoms with E-state index in [-0.39, 0.29) is 41.5 Å². The molecule has 0 bridgehead atoms. The number of nitrogens with zero attached hydrogens (tertiary/aromatic N) is 1. The molecule has 2 rings (SSSR count). The first kappa shape index (κ1) is 20.2. The second-order valence-electron chi connectivity index (χ2n) is 5.42. The highest BCUT2D eigenvalue weighted by atomic mass is 127. The normalized spacial score (nSPS) is 19.9. The van der Waals surface area contributed by atoms with Crippen LogP contribution in [0.1, 0.15) is 17.5 Å². The molecule has 1 fully saturated rings.